The van der Waals surface area contributed by atoms with Crippen LogP contribution >= 0.6 is 12.4 Å². The summed E-state index contributed by atoms with van der Waals surface area (Å²) in [6.45, 7) is 2.21. The lowest BCUT2D eigenvalue weighted by Gasteiger charge is -2.19. The van der Waals surface area contributed by atoms with E-state index in [1.807, 2.05) is 24.8 Å². The molecule has 0 amide bonds. The van der Waals surface area contributed by atoms with Gasteiger partial charge in [0.15, 0.2) is 0 Å². The molecule has 1 aliphatic rings. The van der Waals surface area contributed by atoms with Gasteiger partial charge >= 0.3 is 0 Å². The zero-order valence-corrected chi connectivity index (χ0v) is 18.8. The van der Waals surface area contributed by atoms with Crippen LogP contribution in [-0.4, -0.2) is 19.7 Å². The zero-order valence-electron chi connectivity index (χ0n) is 17.9. The normalized spacial score (nSPS) is 15.1. The molecule has 0 aliphatic heterocycles. The van der Waals surface area contributed by atoms with Crippen molar-refractivity contribution in [2.45, 2.75) is 57.4 Å². The Morgan fingerprint density at radius 2 is 1.58 bits per heavy atom. The molecule has 0 saturated heterocycles. The van der Waals surface area contributed by atoms with Gasteiger partial charge in [0.25, 0.3) is 0 Å². The Bertz CT molecular complexity index is 1120. The summed E-state index contributed by atoms with van der Waals surface area (Å²) in [6.07, 6.45) is 14.6. The van der Waals surface area contributed by atoms with Crippen LogP contribution in [0.15, 0.2) is 67.3 Å². The number of pyridine rings is 2. The Kier molecular flexibility index (Phi) is 6.67. The van der Waals surface area contributed by atoms with E-state index in [0.29, 0.717) is 6.04 Å². The molecule has 1 unspecified atom stereocenters. The van der Waals surface area contributed by atoms with E-state index in [1.165, 1.54) is 59.0 Å². The lowest BCUT2D eigenvalue weighted by Crippen LogP contribution is -2.08. The minimum atomic E-state index is 0. The Morgan fingerprint density at radius 1 is 0.903 bits per heavy atom. The summed E-state index contributed by atoms with van der Waals surface area (Å²) in [4.78, 5) is 8.42. The van der Waals surface area contributed by atoms with Gasteiger partial charge in [0.1, 0.15) is 0 Å². The average Bonchev–Trinajstić information content (AvgIpc) is 3.46. The van der Waals surface area contributed by atoms with Crippen molar-refractivity contribution >= 4 is 23.3 Å². The summed E-state index contributed by atoms with van der Waals surface area (Å²) in [6, 6.07) is 16.0. The van der Waals surface area contributed by atoms with Crippen molar-refractivity contribution in [3.05, 3.63) is 89.6 Å². The number of hydrogen-bond acceptors (Lipinski definition) is 3. The quantitative estimate of drug-likeness (QED) is 0.359. The molecule has 160 valence electrons. The molecule has 1 saturated carbocycles. The Labute approximate surface area is 190 Å². The minimum absolute atomic E-state index is 0. The van der Waals surface area contributed by atoms with E-state index in [9.17, 15) is 0 Å². The highest BCUT2D eigenvalue weighted by atomic mass is 35.5. The van der Waals surface area contributed by atoms with Crippen LogP contribution in [0.2, 0.25) is 0 Å². The van der Waals surface area contributed by atoms with E-state index in [4.69, 9.17) is 5.10 Å². The van der Waals surface area contributed by atoms with E-state index < -0.39 is 0 Å². The number of aromatic nitrogens is 4. The van der Waals surface area contributed by atoms with Crippen molar-refractivity contribution in [2.75, 3.05) is 0 Å². The third-order valence-corrected chi connectivity index (χ3v) is 6.51. The first-order valence-electron chi connectivity index (χ1n) is 11.1. The second kappa shape index (κ2) is 9.61. The number of aryl methyl sites for hydroxylation is 1. The van der Waals surface area contributed by atoms with Gasteiger partial charge in [-0.25, -0.2) is 0 Å². The first kappa shape index (κ1) is 21.5. The first-order valence-corrected chi connectivity index (χ1v) is 11.1. The summed E-state index contributed by atoms with van der Waals surface area (Å²) < 4.78 is 2.33. The molecule has 3 aromatic heterocycles. The van der Waals surface area contributed by atoms with Gasteiger partial charge < -0.3 is 0 Å². The predicted octanol–water partition coefficient (Wildman–Crippen LogP) is 6.30. The van der Waals surface area contributed by atoms with Crippen LogP contribution in [0.25, 0.3) is 10.9 Å². The SMILES string of the molecule is CCc1nn(C2CCCC2)c2cc(C(Cc3ccncc3)c3ccncc3)ccc12.Cl. The van der Waals surface area contributed by atoms with Gasteiger partial charge in [-0.2, -0.15) is 5.10 Å². The smallest absolute Gasteiger partial charge is 0.0700 e. The number of halogens is 1. The summed E-state index contributed by atoms with van der Waals surface area (Å²) in [5.41, 5.74) is 6.45. The van der Waals surface area contributed by atoms with Gasteiger partial charge in [-0.3, -0.25) is 14.6 Å². The maximum atomic E-state index is 5.05. The number of fused-ring (bicyclic) bond motifs is 1. The van der Waals surface area contributed by atoms with Crippen LogP contribution in [0.1, 0.15) is 67.0 Å². The average molecular weight is 433 g/mol. The predicted molar refractivity (Wildman–Crippen MR) is 128 cm³/mol. The Balaban J connectivity index is 0.00000231. The molecule has 0 spiro atoms. The number of rotatable bonds is 6. The van der Waals surface area contributed by atoms with Crippen molar-refractivity contribution < 1.29 is 0 Å². The highest BCUT2D eigenvalue weighted by Gasteiger charge is 2.23. The lowest BCUT2D eigenvalue weighted by atomic mass is 9.86. The first-order chi connectivity index (χ1) is 14.8. The van der Waals surface area contributed by atoms with Crippen molar-refractivity contribution in [3.8, 4) is 0 Å². The fourth-order valence-electron chi connectivity index (χ4n) is 4.90. The number of nitrogens with zero attached hydrogens (tertiary/aromatic N) is 4. The Hall–Kier alpha value is -2.72. The molecule has 0 radical (unpaired) electrons. The minimum Gasteiger partial charge on any atom is -0.265 e. The fourth-order valence-corrected chi connectivity index (χ4v) is 4.90. The molecule has 1 atom stereocenters. The molecule has 5 heteroatoms. The van der Waals surface area contributed by atoms with E-state index in [-0.39, 0.29) is 18.3 Å². The number of benzene rings is 1. The third kappa shape index (κ3) is 4.35. The van der Waals surface area contributed by atoms with Crippen molar-refractivity contribution in [1.82, 2.24) is 19.7 Å². The highest BCUT2D eigenvalue weighted by Crippen LogP contribution is 2.36. The van der Waals surface area contributed by atoms with Crippen LogP contribution < -0.4 is 0 Å². The summed E-state index contributed by atoms with van der Waals surface area (Å²) >= 11 is 0. The topological polar surface area (TPSA) is 43.6 Å². The second-order valence-electron chi connectivity index (χ2n) is 8.35. The van der Waals surface area contributed by atoms with Crippen molar-refractivity contribution in [1.29, 1.82) is 0 Å². The lowest BCUT2D eigenvalue weighted by molar-refractivity contribution is 0.477. The molecular formula is C26H29ClN4. The fraction of sp³-hybridized carbons (Fsp3) is 0.346. The van der Waals surface area contributed by atoms with Crippen molar-refractivity contribution in [3.63, 3.8) is 0 Å². The molecule has 1 aliphatic carbocycles. The largest absolute Gasteiger partial charge is 0.265 e. The molecule has 4 aromatic rings. The Morgan fingerprint density at radius 3 is 2.26 bits per heavy atom. The van der Waals surface area contributed by atoms with Gasteiger partial charge in [0, 0.05) is 36.1 Å². The molecule has 4 nitrogen and oxygen atoms in total. The number of hydrogen-bond donors (Lipinski definition) is 0. The molecule has 0 N–H and O–H groups in total. The molecule has 3 heterocycles. The molecular weight excluding hydrogens is 404 g/mol. The standard InChI is InChI=1S/C26H28N4.ClH/c1-2-25-23-8-7-21(18-26(23)30(29-25)22-5-3-4-6-22)24(20-11-15-28-16-12-20)17-19-9-13-27-14-10-19;/h7-16,18,22,24H,2-6,17H2,1H3;1H. The van der Waals surface area contributed by atoms with Gasteiger partial charge in [0.2, 0.25) is 0 Å². The van der Waals surface area contributed by atoms with Crippen LogP contribution in [-0.2, 0) is 12.8 Å². The molecule has 5 rings (SSSR count). The maximum absolute atomic E-state index is 5.05. The summed E-state index contributed by atoms with van der Waals surface area (Å²) in [5, 5.41) is 6.36. The van der Waals surface area contributed by atoms with E-state index in [1.54, 1.807) is 0 Å². The third-order valence-electron chi connectivity index (χ3n) is 6.51. The maximum Gasteiger partial charge on any atom is 0.0700 e. The van der Waals surface area contributed by atoms with E-state index >= 15 is 0 Å². The van der Waals surface area contributed by atoms with Crippen LogP contribution in [0.4, 0.5) is 0 Å². The van der Waals surface area contributed by atoms with Gasteiger partial charge in [-0.05, 0) is 72.7 Å². The van der Waals surface area contributed by atoms with Crippen LogP contribution in [0.3, 0.4) is 0 Å². The highest BCUT2D eigenvalue weighted by molar-refractivity contribution is 5.85. The molecule has 0 bridgehead atoms. The monoisotopic (exact) mass is 432 g/mol. The molecule has 1 aromatic carbocycles. The summed E-state index contributed by atoms with van der Waals surface area (Å²) in [5.74, 6) is 0.275. The van der Waals surface area contributed by atoms with Gasteiger partial charge in [-0.1, -0.05) is 31.9 Å². The summed E-state index contributed by atoms with van der Waals surface area (Å²) in [7, 11) is 0. The molecule has 31 heavy (non-hydrogen) atoms. The van der Waals surface area contributed by atoms with Crippen LogP contribution in [0.5, 0.6) is 0 Å². The molecule has 1 fully saturated rings. The van der Waals surface area contributed by atoms with Gasteiger partial charge in [-0.15, -0.1) is 12.4 Å². The van der Waals surface area contributed by atoms with Crippen LogP contribution in [0, 0.1) is 0 Å². The van der Waals surface area contributed by atoms with Crippen molar-refractivity contribution in [2.24, 2.45) is 0 Å². The van der Waals surface area contributed by atoms with Gasteiger partial charge in [0.05, 0.1) is 17.3 Å². The van der Waals surface area contributed by atoms with E-state index in [0.717, 1.165) is 12.8 Å². The second-order valence-corrected chi connectivity index (χ2v) is 8.35. The van der Waals surface area contributed by atoms with E-state index in [2.05, 4.69) is 64.0 Å². The zero-order chi connectivity index (χ0) is 20.3.